The van der Waals surface area contributed by atoms with Crippen LogP contribution in [0.2, 0.25) is 0 Å². The number of hydrogen-bond acceptors (Lipinski definition) is 5. The molecule has 4 nitrogen and oxygen atoms in total. The predicted molar refractivity (Wildman–Crippen MR) is 63.7 cm³/mol. The highest BCUT2D eigenvalue weighted by Gasteiger charge is 2.52. The van der Waals surface area contributed by atoms with E-state index in [2.05, 4.69) is 14.9 Å². The summed E-state index contributed by atoms with van der Waals surface area (Å²) >= 11 is 1.61. The Balaban J connectivity index is 1.70. The van der Waals surface area contributed by atoms with Crippen LogP contribution in [0.25, 0.3) is 0 Å². The van der Waals surface area contributed by atoms with Gasteiger partial charge in [-0.25, -0.2) is 9.97 Å². The topological polar surface area (TPSA) is 49.2 Å². The van der Waals surface area contributed by atoms with Crippen LogP contribution in [0.5, 0.6) is 0 Å². The van der Waals surface area contributed by atoms with Gasteiger partial charge in [-0.05, 0) is 25.0 Å². The molecule has 1 saturated heterocycles. The molecule has 5 heteroatoms. The summed E-state index contributed by atoms with van der Waals surface area (Å²) in [4.78, 5) is 10.5. The summed E-state index contributed by atoms with van der Waals surface area (Å²) in [5.74, 6) is 1.47. The van der Waals surface area contributed by atoms with Gasteiger partial charge in [-0.2, -0.15) is 0 Å². The van der Waals surface area contributed by atoms with Crippen molar-refractivity contribution in [2.24, 2.45) is 5.92 Å². The summed E-state index contributed by atoms with van der Waals surface area (Å²) < 4.78 is 0. The van der Waals surface area contributed by atoms with Crippen LogP contribution in [-0.4, -0.2) is 40.0 Å². The van der Waals surface area contributed by atoms with E-state index in [1.54, 1.807) is 18.1 Å². The Hall–Kier alpha value is -0.810. The Labute approximate surface area is 99.1 Å². The molecule has 0 unspecified atom stereocenters. The van der Waals surface area contributed by atoms with Gasteiger partial charge in [-0.3, -0.25) is 0 Å². The zero-order valence-corrected chi connectivity index (χ0v) is 10.1. The lowest BCUT2D eigenvalue weighted by atomic mass is 9.89. The number of rotatable bonds is 3. The van der Waals surface area contributed by atoms with Crippen molar-refractivity contribution in [1.82, 2.24) is 9.97 Å². The predicted octanol–water partition coefficient (Wildman–Crippen LogP) is 1.16. The number of hydrogen-bond donors (Lipinski definition) is 1. The zero-order chi connectivity index (χ0) is 11.2. The fraction of sp³-hybridized carbons (Fsp3) is 0.636. The molecule has 0 spiro atoms. The fourth-order valence-corrected chi connectivity index (χ4v) is 2.65. The van der Waals surface area contributed by atoms with Crippen molar-refractivity contribution < 1.29 is 5.11 Å². The van der Waals surface area contributed by atoms with Crippen molar-refractivity contribution in [2.45, 2.75) is 23.5 Å². The largest absolute Gasteiger partial charge is 0.386 e. The number of anilines is 1. The molecule has 2 heterocycles. The molecule has 3 rings (SSSR count). The summed E-state index contributed by atoms with van der Waals surface area (Å²) in [7, 11) is 0. The molecule has 2 fully saturated rings. The van der Waals surface area contributed by atoms with Gasteiger partial charge in [0, 0.05) is 6.07 Å². The van der Waals surface area contributed by atoms with E-state index < -0.39 is 5.60 Å². The van der Waals surface area contributed by atoms with Crippen LogP contribution in [0.1, 0.15) is 12.8 Å². The molecular weight excluding hydrogens is 222 g/mol. The van der Waals surface area contributed by atoms with Crippen molar-refractivity contribution in [3.05, 3.63) is 12.4 Å². The molecule has 1 aromatic rings. The molecule has 2 aliphatic rings. The molecule has 1 saturated carbocycles. The summed E-state index contributed by atoms with van der Waals surface area (Å²) in [5, 5.41) is 11.2. The van der Waals surface area contributed by atoms with Gasteiger partial charge in [0.2, 0.25) is 0 Å². The van der Waals surface area contributed by atoms with Crippen molar-refractivity contribution in [1.29, 1.82) is 0 Å². The second-order valence-electron chi connectivity index (χ2n) is 4.65. The molecule has 1 aromatic heterocycles. The lowest BCUT2D eigenvalue weighted by molar-refractivity contribution is -0.00977. The van der Waals surface area contributed by atoms with E-state index in [9.17, 15) is 5.11 Å². The van der Waals surface area contributed by atoms with Crippen LogP contribution in [0, 0.1) is 5.92 Å². The molecule has 0 radical (unpaired) electrons. The third-order valence-electron chi connectivity index (χ3n) is 3.43. The first kappa shape index (κ1) is 10.4. The maximum atomic E-state index is 10.2. The van der Waals surface area contributed by atoms with Crippen LogP contribution < -0.4 is 4.90 Å². The third-order valence-corrected chi connectivity index (χ3v) is 4.07. The first-order valence-electron chi connectivity index (χ1n) is 5.55. The number of aliphatic hydroxyl groups is 1. The van der Waals surface area contributed by atoms with E-state index >= 15 is 0 Å². The molecule has 86 valence electrons. The van der Waals surface area contributed by atoms with Crippen LogP contribution in [0.4, 0.5) is 5.82 Å². The molecule has 0 bridgehead atoms. The molecule has 16 heavy (non-hydrogen) atoms. The van der Waals surface area contributed by atoms with Crippen molar-refractivity contribution >= 4 is 17.6 Å². The monoisotopic (exact) mass is 237 g/mol. The molecule has 0 amide bonds. The van der Waals surface area contributed by atoms with Crippen LogP contribution >= 0.6 is 11.8 Å². The highest BCUT2D eigenvalue weighted by Crippen LogP contribution is 2.45. The number of thioether (sulfide) groups is 1. The summed E-state index contributed by atoms with van der Waals surface area (Å²) in [6.07, 6.45) is 5.97. The smallest absolute Gasteiger partial charge is 0.133 e. The Bertz CT molecular complexity index is 402. The van der Waals surface area contributed by atoms with Gasteiger partial charge < -0.3 is 10.0 Å². The van der Waals surface area contributed by atoms with Gasteiger partial charge in [0.25, 0.3) is 0 Å². The SMILES string of the molecule is CSc1cc(N2CC(O)(C3CC3)C2)ncn1. The normalized spacial score (nSPS) is 23.0. The van der Waals surface area contributed by atoms with E-state index in [4.69, 9.17) is 0 Å². The summed E-state index contributed by atoms with van der Waals surface area (Å²) in [6, 6.07) is 1.98. The fourth-order valence-electron chi connectivity index (χ4n) is 2.27. The molecular formula is C11H15N3OS. The minimum Gasteiger partial charge on any atom is -0.386 e. The molecule has 1 aliphatic carbocycles. The maximum absolute atomic E-state index is 10.2. The first-order valence-corrected chi connectivity index (χ1v) is 6.77. The van der Waals surface area contributed by atoms with Crippen LogP contribution in [-0.2, 0) is 0 Å². The van der Waals surface area contributed by atoms with Gasteiger partial charge in [-0.15, -0.1) is 11.8 Å². The minimum atomic E-state index is -0.440. The lowest BCUT2D eigenvalue weighted by Gasteiger charge is -2.47. The summed E-state index contributed by atoms with van der Waals surface area (Å²) in [5.41, 5.74) is -0.440. The van der Waals surface area contributed by atoms with Gasteiger partial charge in [0.05, 0.1) is 13.1 Å². The average Bonchev–Trinajstić information content (AvgIpc) is 3.09. The Morgan fingerprint density at radius 3 is 2.81 bits per heavy atom. The van der Waals surface area contributed by atoms with Crippen LogP contribution in [0.15, 0.2) is 17.4 Å². The minimum absolute atomic E-state index is 0.440. The van der Waals surface area contributed by atoms with Crippen molar-refractivity contribution in [2.75, 3.05) is 24.2 Å². The standard InChI is InChI=1S/C11H15N3OS/c1-16-10-4-9(12-7-13-10)14-5-11(15,6-14)8-2-3-8/h4,7-8,15H,2-3,5-6H2,1H3. The van der Waals surface area contributed by atoms with Gasteiger partial charge >= 0.3 is 0 Å². The van der Waals surface area contributed by atoms with Crippen molar-refractivity contribution in [3.63, 3.8) is 0 Å². The third kappa shape index (κ3) is 1.68. The van der Waals surface area contributed by atoms with E-state index in [0.717, 1.165) is 23.9 Å². The molecule has 0 atom stereocenters. The maximum Gasteiger partial charge on any atom is 0.133 e. The Morgan fingerprint density at radius 1 is 1.44 bits per heavy atom. The second kappa shape index (κ2) is 3.60. The first-order chi connectivity index (χ1) is 7.71. The zero-order valence-electron chi connectivity index (χ0n) is 9.26. The van der Waals surface area contributed by atoms with E-state index in [1.165, 1.54) is 12.8 Å². The molecule has 1 aliphatic heterocycles. The quantitative estimate of drug-likeness (QED) is 0.631. The Kier molecular flexibility index (Phi) is 2.33. The number of β-amino-alcohol motifs (C(OH)–C–C–N with tert-alkyl or cyclic N) is 1. The van der Waals surface area contributed by atoms with E-state index in [0.29, 0.717) is 5.92 Å². The van der Waals surface area contributed by atoms with Crippen molar-refractivity contribution in [3.8, 4) is 0 Å². The Morgan fingerprint density at radius 2 is 2.19 bits per heavy atom. The highest BCUT2D eigenvalue weighted by molar-refractivity contribution is 7.98. The molecule has 0 aromatic carbocycles. The average molecular weight is 237 g/mol. The number of aromatic nitrogens is 2. The van der Waals surface area contributed by atoms with Gasteiger partial charge in [0.1, 0.15) is 22.8 Å². The summed E-state index contributed by atoms with van der Waals surface area (Å²) in [6.45, 7) is 1.45. The van der Waals surface area contributed by atoms with Gasteiger partial charge in [-0.1, -0.05) is 0 Å². The number of nitrogens with zero attached hydrogens (tertiary/aromatic N) is 3. The van der Waals surface area contributed by atoms with Crippen LogP contribution in [0.3, 0.4) is 0 Å². The van der Waals surface area contributed by atoms with Gasteiger partial charge in [0.15, 0.2) is 0 Å². The lowest BCUT2D eigenvalue weighted by Crippen LogP contribution is -2.63. The second-order valence-corrected chi connectivity index (χ2v) is 5.48. The molecule has 1 N–H and O–H groups in total. The van der Waals surface area contributed by atoms with E-state index in [1.807, 2.05) is 12.3 Å². The highest BCUT2D eigenvalue weighted by atomic mass is 32.2. The van der Waals surface area contributed by atoms with E-state index in [-0.39, 0.29) is 0 Å².